The molecule has 6 aromatic rings. The summed E-state index contributed by atoms with van der Waals surface area (Å²) in [5.74, 6) is -0.0513. The van der Waals surface area contributed by atoms with Crippen molar-refractivity contribution in [2.45, 2.75) is 46.3 Å². The van der Waals surface area contributed by atoms with Crippen LogP contribution in [-0.2, 0) is 16.6 Å². The number of aromatic nitrogens is 5. The highest BCUT2D eigenvalue weighted by Crippen LogP contribution is 2.44. The molecule has 0 radical (unpaired) electrons. The molecule has 0 spiro atoms. The minimum absolute atomic E-state index is 0.0513. The average molecular weight is 596 g/mol. The number of aryl methyl sites for hydroxylation is 2. The number of fused-ring (bicyclic) bond motifs is 2. The van der Waals surface area contributed by atoms with Crippen LogP contribution in [0.5, 0.6) is 0 Å². The highest BCUT2D eigenvalue weighted by molar-refractivity contribution is 7.22. The van der Waals surface area contributed by atoms with Gasteiger partial charge in [0.15, 0.2) is 11.4 Å². The van der Waals surface area contributed by atoms with E-state index >= 15 is 0 Å². The lowest BCUT2D eigenvalue weighted by Crippen LogP contribution is -2.27. The fourth-order valence-corrected chi connectivity index (χ4v) is 6.40. The van der Waals surface area contributed by atoms with Gasteiger partial charge < -0.3 is 9.30 Å². The van der Waals surface area contributed by atoms with Crippen molar-refractivity contribution < 1.29 is 9.53 Å². The molecule has 6 rings (SSSR count). The molecular weight excluding hydrogens is 566 g/mol. The average Bonchev–Trinajstić information content (AvgIpc) is 3.54. The smallest absolute Gasteiger partial charge is 0.163 e. The van der Waals surface area contributed by atoms with Crippen LogP contribution in [0.2, 0.25) is 5.02 Å². The summed E-state index contributed by atoms with van der Waals surface area (Å²) in [4.78, 5) is 31.8. The summed E-state index contributed by atoms with van der Waals surface area (Å²) in [5, 5.41) is 1.49. The number of Topliss-reactive ketones (excluding diaryl/α,β-unsaturated/α-hetero) is 1. The highest BCUT2D eigenvalue weighted by Gasteiger charge is 2.30. The molecule has 0 N–H and O–H groups in total. The van der Waals surface area contributed by atoms with Gasteiger partial charge in [0.2, 0.25) is 0 Å². The van der Waals surface area contributed by atoms with Crippen LogP contribution in [0.1, 0.15) is 44.9 Å². The Bertz CT molecular complexity index is 1970. The number of thiazole rings is 1. The zero-order valence-corrected chi connectivity index (χ0v) is 25.8. The van der Waals surface area contributed by atoms with E-state index in [1.807, 2.05) is 94.0 Å². The van der Waals surface area contributed by atoms with Gasteiger partial charge in [-0.1, -0.05) is 23.7 Å². The number of ether oxygens (including phenoxy) is 1. The fourth-order valence-electron chi connectivity index (χ4n) is 5.15. The molecule has 0 amide bonds. The van der Waals surface area contributed by atoms with Gasteiger partial charge in [-0.2, -0.15) is 0 Å². The maximum absolute atomic E-state index is 13.1. The van der Waals surface area contributed by atoms with E-state index in [2.05, 4.69) is 15.0 Å². The minimum Gasteiger partial charge on any atom is -0.360 e. The summed E-state index contributed by atoms with van der Waals surface area (Å²) in [5.41, 5.74) is 8.27. The van der Waals surface area contributed by atoms with Gasteiger partial charge in [-0.3, -0.25) is 9.78 Å². The Morgan fingerprint density at radius 3 is 2.45 bits per heavy atom. The second-order valence-corrected chi connectivity index (χ2v) is 12.9. The maximum atomic E-state index is 13.1. The molecule has 2 aromatic carbocycles. The summed E-state index contributed by atoms with van der Waals surface area (Å²) < 4.78 is 9.25. The molecule has 4 aromatic heterocycles. The summed E-state index contributed by atoms with van der Waals surface area (Å²) in [7, 11) is 1.92. The van der Waals surface area contributed by atoms with Crippen molar-refractivity contribution in [3.05, 3.63) is 83.4 Å². The Morgan fingerprint density at radius 1 is 0.976 bits per heavy atom. The molecule has 4 heterocycles. The number of hydrogen-bond acceptors (Lipinski definition) is 7. The van der Waals surface area contributed by atoms with Gasteiger partial charge in [-0.15, -0.1) is 11.3 Å². The summed E-state index contributed by atoms with van der Waals surface area (Å²) in [6, 6.07) is 15.7. The maximum Gasteiger partial charge on any atom is 0.163 e. The number of carbonyl (C=O) groups is 1. The van der Waals surface area contributed by atoms with Gasteiger partial charge in [0, 0.05) is 46.7 Å². The molecular formula is C33H30ClN5O2S. The molecule has 0 saturated carbocycles. The van der Waals surface area contributed by atoms with Crippen molar-refractivity contribution in [3.8, 4) is 33.0 Å². The van der Waals surface area contributed by atoms with Crippen molar-refractivity contribution in [2.75, 3.05) is 0 Å². The third-order valence-electron chi connectivity index (χ3n) is 7.02. The van der Waals surface area contributed by atoms with Crippen molar-refractivity contribution in [3.63, 3.8) is 0 Å². The molecule has 42 heavy (non-hydrogen) atoms. The lowest BCUT2D eigenvalue weighted by Gasteiger charge is -2.29. The molecule has 0 bridgehead atoms. The molecule has 0 aliphatic carbocycles. The second kappa shape index (κ2) is 10.7. The van der Waals surface area contributed by atoms with Gasteiger partial charge in [0.05, 0.1) is 27.8 Å². The molecule has 212 valence electrons. The molecule has 9 heteroatoms. The number of imidazole rings is 1. The predicted octanol–water partition coefficient (Wildman–Crippen LogP) is 8.38. The number of benzene rings is 2. The molecule has 0 aliphatic rings. The predicted molar refractivity (Wildman–Crippen MR) is 170 cm³/mol. The first kappa shape index (κ1) is 28.2. The number of rotatable bonds is 6. The SMILES string of the molecule is CC(=O)[C@@H](OC(C)(C)C)c1c(C)cc2nc(-c3ccnc(-c4cnc5c(c4)ncn5C)c3)sc2c1-c1ccc(Cl)cc1. The van der Waals surface area contributed by atoms with Gasteiger partial charge in [-0.05, 0) is 82.1 Å². The van der Waals surface area contributed by atoms with E-state index in [-0.39, 0.29) is 5.78 Å². The Balaban J connectivity index is 1.53. The van der Waals surface area contributed by atoms with Crippen LogP contribution < -0.4 is 0 Å². The van der Waals surface area contributed by atoms with Crippen LogP contribution in [-0.4, -0.2) is 35.9 Å². The molecule has 0 fully saturated rings. The molecule has 0 saturated heterocycles. The Morgan fingerprint density at radius 2 is 1.74 bits per heavy atom. The normalized spacial score (nSPS) is 12.7. The summed E-state index contributed by atoms with van der Waals surface area (Å²) in [6.07, 6.45) is 4.63. The molecule has 7 nitrogen and oxygen atoms in total. The van der Waals surface area contributed by atoms with E-state index in [9.17, 15) is 4.79 Å². The van der Waals surface area contributed by atoms with Crippen molar-refractivity contribution in [1.29, 1.82) is 0 Å². The molecule has 0 aliphatic heterocycles. The van der Waals surface area contributed by atoms with Gasteiger partial charge >= 0.3 is 0 Å². The molecule has 1 atom stereocenters. The second-order valence-electron chi connectivity index (χ2n) is 11.4. The van der Waals surface area contributed by atoms with Crippen LogP contribution in [0.15, 0.2) is 67.3 Å². The Labute approximate surface area is 253 Å². The van der Waals surface area contributed by atoms with Crippen LogP contribution in [0, 0.1) is 6.92 Å². The van der Waals surface area contributed by atoms with Crippen LogP contribution in [0.25, 0.3) is 54.3 Å². The Kier molecular flexibility index (Phi) is 7.17. The largest absolute Gasteiger partial charge is 0.360 e. The van der Waals surface area contributed by atoms with E-state index in [0.29, 0.717) is 5.02 Å². The van der Waals surface area contributed by atoms with E-state index in [1.54, 1.807) is 30.8 Å². The van der Waals surface area contributed by atoms with Gasteiger partial charge in [0.25, 0.3) is 0 Å². The standard InChI is InChI=1S/C33H30ClN5O2S/c1-18-13-25-30(28(20-7-9-23(34)10-8-20)27(18)29(19(2)40)41-33(3,4)5)42-32(38-25)21-11-12-35-24(14-21)22-15-26-31(36-16-22)39(6)17-37-26/h7-17,29H,1-6H3/t29-/m1/s1. The lowest BCUT2D eigenvalue weighted by atomic mass is 9.90. The number of carbonyl (C=O) groups excluding carboxylic acids is 1. The van der Waals surface area contributed by atoms with Crippen molar-refractivity contribution in [1.82, 2.24) is 24.5 Å². The van der Waals surface area contributed by atoms with Crippen molar-refractivity contribution >= 4 is 50.1 Å². The zero-order chi connectivity index (χ0) is 29.8. The third-order valence-corrected chi connectivity index (χ3v) is 8.41. The number of pyridine rings is 2. The number of ketones is 1. The first-order chi connectivity index (χ1) is 20.0. The van der Waals surface area contributed by atoms with E-state index in [1.165, 1.54) is 0 Å². The highest BCUT2D eigenvalue weighted by atomic mass is 35.5. The van der Waals surface area contributed by atoms with Crippen LogP contribution >= 0.6 is 22.9 Å². The Hall–Kier alpha value is -3.98. The fraction of sp³-hybridized carbons (Fsp3) is 0.242. The number of hydrogen-bond donors (Lipinski definition) is 0. The topological polar surface area (TPSA) is 82.8 Å². The monoisotopic (exact) mass is 595 g/mol. The third kappa shape index (κ3) is 5.33. The number of halogens is 1. The zero-order valence-electron chi connectivity index (χ0n) is 24.3. The lowest BCUT2D eigenvalue weighted by molar-refractivity contribution is -0.138. The first-order valence-electron chi connectivity index (χ1n) is 13.6. The van der Waals surface area contributed by atoms with Crippen LogP contribution in [0.3, 0.4) is 0 Å². The van der Waals surface area contributed by atoms with Crippen molar-refractivity contribution in [2.24, 2.45) is 7.05 Å². The van der Waals surface area contributed by atoms with Crippen LogP contribution in [0.4, 0.5) is 0 Å². The number of nitrogens with zero attached hydrogens (tertiary/aromatic N) is 5. The first-order valence-corrected chi connectivity index (χ1v) is 14.8. The quantitative estimate of drug-likeness (QED) is 0.192. The summed E-state index contributed by atoms with van der Waals surface area (Å²) >= 11 is 7.85. The van der Waals surface area contributed by atoms with E-state index < -0.39 is 11.7 Å². The van der Waals surface area contributed by atoms with E-state index in [0.717, 1.165) is 65.5 Å². The minimum atomic E-state index is -0.729. The van der Waals surface area contributed by atoms with Gasteiger partial charge in [0.1, 0.15) is 16.6 Å². The summed E-state index contributed by atoms with van der Waals surface area (Å²) in [6.45, 7) is 9.49. The molecule has 0 unspecified atom stereocenters. The van der Waals surface area contributed by atoms with Gasteiger partial charge in [-0.25, -0.2) is 15.0 Å². The van der Waals surface area contributed by atoms with E-state index in [4.69, 9.17) is 21.3 Å².